The molecule has 31 heavy (non-hydrogen) atoms. The smallest absolute Gasteiger partial charge is 0.267 e. The molecule has 3 rings (SSSR count). The fourth-order valence-electron chi connectivity index (χ4n) is 3.17. The lowest BCUT2D eigenvalue weighted by Crippen LogP contribution is -2.28. The Bertz CT molecular complexity index is 1080. The first-order valence-corrected chi connectivity index (χ1v) is 11.7. The number of anilines is 1. The zero-order valence-electron chi connectivity index (χ0n) is 18.3. The first-order chi connectivity index (χ1) is 14.8. The van der Waals surface area contributed by atoms with Gasteiger partial charge in [-0.3, -0.25) is 18.9 Å². The Labute approximate surface area is 191 Å². The van der Waals surface area contributed by atoms with Gasteiger partial charge in [0, 0.05) is 25.9 Å². The predicted octanol–water partition coefficient (Wildman–Crippen LogP) is 3.84. The van der Waals surface area contributed by atoms with Crippen molar-refractivity contribution in [2.45, 2.75) is 46.6 Å². The maximum Gasteiger partial charge on any atom is 0.267 e. The average Bonchev–Trinajstić information content (AvgIpc) is 2.98. The van der Waals surface area contributed by atoms with E-state index in [0.717, 1.165) is 18.4 Å². The first-order valence-electron chi connectivity index (χ1n) is 10.5. The molecule has 0 spiro atoms. The van der Waals surface area contributed by atoms with Gasteiger partial charge in [-0.25, -0.2) is 4.98 Å². The van der Waals surface area contributed by atoms with E-state index in [2.05, 4.69) is 10.3 Å². The van der Waals surface area contributed by atoms with E-state index in [0.29, 0.717) is 46.0 Å². The third-order valence-corrected chi connectivity index (χ3v) is 6.04. The molecule has 7 nitrogen and oxygen atoms in total. The predicted molar refractivity (Wildman–Crippen MR) is 131 cm³/mol. The molecule has 1 fully saturated rings. The summed E-state index contributed by atoms with van der Waals surface area (Å²) in [5.41, 5.74) is 1.62. The van der Waals surface area contributed by atoms with Crippen LogP contribution in [0.5, 0.6) is 0 Å². The summed E-state index contributed by atoms with van der Waals surface area (Å²) in [6.45, 7) is 9.68. The number of amides is 1. The largest absolute Gasteiger partial charge is 0.379 e. The van der Waals surface area contributed by atoms with Gasteiger partial charge in [0.05, 0.1) is 16.6 Å². The third-order valence-electron chi connectivity index (χ3n) is 4.67. The van der Waals surface area contributed by atoms with E-state index in [1.807, 2.05) is 39.8 Å². The normalized spacial score (nSPS) is 15.6. The Hall–Kier alpha value is -2.23. The van der Waals surface area contributed by atoms with E-state index in [9.17, 15) is 9.59 Å². The Morgan fingerprint density at radius 3 is 2.81 bits per heavy atom. The molecule has 1 N–H and O–H groups in total. The second-order valence-electron chi connectivity index (χ2n) is 7.65. The highest BCUT2D eigenvalue weighted by molar-refractivity contribution is 8.26. The van der Waals surface area contributed by atoms with Crippen molar-refractivity contribution < 1.29 is 9.53 Å². The molecule has 1 saturated heterocycles. The molecule has 0 bridgehead atoms. The van der Waals surface area contributed by atoms with Crippen LogP contribution in [0.4, 0.5) is 5.82 Å². The van der Waals surface area contributed by atoms with Gasteiger partial charge in [0.15, 0.2) is 0 Å². The number of carbonyl (C=O) groups excluding carboxylic acids is 1. The minimum absolute atomic E-state index is 0.165. The molecule has 0 unspecified atom stereocenters. The summed E-state index contributed by atoms with van der Waals surface area (Å²) >= 11 is 6.58. The molecule has 3 heterocycles. The number of thioether (sulfide) groups is 1. The van der Waals surface area contributed by atoms with Crippen LogP contribution in [0, 0.1) is 6.92 Å². The number of hydrogen-bond donors (Lipinski definition) is 1. The first kappa shape index (κ1) is 23.4. The van der Waals surface area contributed by atoms with E-state index >= 15 is 0 Å². The summed E-state index contributed by atoms with van der Waals surface area (Å²) in [4.78, 5) is 32.8. The number of carbonyl (C=O) groups is 1. The minimum Gasteiger partial charge on any atom is -0.379 e. The molecule has 2 aromatic rings. The van der Waals surface area contributed by atoms with Crippen LogP contribution in [0.2, 0.25) is 0 Å². The van der Waals surface area contributed by atoms with Gasteiger partial charge in [-0.1, -0.05) is 37.0 Å². The molecule has 0 atom stereocenters. The van der Waals surface area contributed by atoms with Crippen molar-refractivity contribution in [3.8, 4) is 0 Å². The number of hydrogen-bond acceptors (Lipinski definition) is 7. The summed E-state index contributed by atoms with van der Waals surface area (Å²) in [6.07, 6.45) is 5.12. The lowest BCUT2D eigenvalue weighted by atomic mass is 10.2. The van der Waals surface area contributed by atoms with Gasteiger partial charge >= 0.3 is 0 Å². The summed E-state index contributed by atoms with van der Waals surface area (Å²) in [6, 6.07) is 3.73. The second-order valence-corrected chi connectivity index (χ2v) is 9.32. The summed E-state index contributed by atoms with van der Waals surface area (Å²) in [5, 5.41) is 3.25. The van der Waals surface area contributed by atoms with Crippen molar-refractivity contribution in [2.75, 3.05) is 25.0 Å². The molecule has 0 aliphatic carbocycles. The fraction of sp³-hybridized carbons (Fsp3) is 0.455. The number of aromatic nitrogens is 2. The monoisotopic (exact) mass is 460 g/mol. The topological polar surface area (TPSA) is 75.9 Å². The number of nitrogens with zero attached hydrogens (tertiary/aromatic N) is 3. The number of ether oxygens (including phenoxy) is 1. The fourth-order valence-corrected chi connectivity index (χ4v) is 4.46. The molecule has 9 heteroatoms. The zero-order chi connectivity index (χ0) is 22.5. The number of nitrogens with one attached hydrogen (secondary N) is 1. The van der Waals surface area contributed by atoms with Gasteiger partial charge in [0.2, 0.25) is 0 Å². The van der Waals surface area contributed by atoms with Gasteiger partial charge < -0.3 is 10.1 Å². The van der Waals surface area contributed by atoms with Crippen LogP contribution < -0.4 is 10.9 Å². The maximum absolute atomic E-state index is 13.3. The highest BCUT2D eigenvalue weighted by Gasteiger charge is 2.31. The van der Waals surface area contributed by atoms with E-state index in [1.165, 1.54) is 16.2 Å². The highest BCUT2D eigenvalue weighted by Crippen LogP contribution is 2.33. The lowest BCUT2D eigenvalue weighted by Gasteiger charge is -2.13. The Morgan fingerprint density at radius 2 is 2.10 bits per heavy atom. The standard InChI is InChI=1S/C22H28N4O3S2/c1-5-10-25-21(28)17(31-22(25)30)12-16-19(23-9-6-11-29-14(2)3)24-18-8-7-15(4)13-26(18)20(16)27/h7-8,12-14,23H,5-6,9-11H2,1-4H3. The van der Waals surface area contributed by atoms with Gasteiger partial charge in [-0.2, -0.15) is 0 Å². The van der Waals surface area contributed by atoms with E-state index in [4.69, 9.17) is 17.0 Å². The van der Waals surface area contributed by atoms with E-state index in [-0.39, 0.29) is 17.6 Å². The summed E-state index contributed by atoms with van der Waals surface area (Å²) < 4.78 is 7.61. The Morgan fingerprint density at radius 1 is 1.32 bits per heavy atom. The van der Waals surface area contributed by atoms with Gasteiger partial charge in [0.25, 0.3) is 11.5 Å². The molecular weight excluding hydrogens is 432 g/mol. The van der Waals surface area contributed by atoms with Crippen LogP contribution in [0.1, 0.15) is 44.7 Å². The second kappa shape index (κ2) is 10.4. The lowest BCUT2D eigenvalue weighted by molar-refractivity contribution is -0.122. The SMILES string of the molecule is CCCN1C(=O)C(=Cc2c(NCCCOC(C)C)nc3ccc(C)cn3c2=O)SC1=S. The van der Waals surface area contributed by atoms with E-state index in [1.54, 1.807) is 17.2 Å². The van der Waals surface area contributed by atoms with Crippen LogP contribution in [-0.2, 0) is 9.53 Å². The van der Waals surface area contributed by atoms with Gasteiger partial charge in [-0.15, -0.1) is 0 Å². The number of rotatable bonds is 9. The van der Waals surface area contributed by atoms with Crippen molar-refractivity contribution in [1.82, 2.24) is 14.3 Å². The molecule has 166 valence electrons. The van der Waals surface area contributed by atoms with Crippen molar-refractivity contribution in [3.05, 3.63) is 44.7 Å². The quantitative estimate of drug-likeness (QED) is 0.346. The molecule has 0 radical (unpaired) electrons. The van der Waals surface area contributed by atoms with Crippen LogP contribution in [0.25, 0.3) is 11.7 Å². The zero-order valence-corrected chi connectivity index (χ0v) is 19.9. The van der Waals surface area contributed by atoms with Gasteiger partial charge in [-0.05, 0) is 51.3 Å². The van der Waals surface area contributed by atoms with Crippen LogP contribution >= 0.6 is 24.0 Å². The van der Waals surface area contributed by atoms with Crippen molar-refractivity contribution >= 4 is 51.7 Å². The number of thiocarbonyl (C=S) groups is 1. The summed E-state index contributed by atoms with van der Waals surface area (Å²) in [5.74, 6) is 0.293. The molecule has 1 aliphatic rings. The Balaban J connectivity index is 1.97. The average molecular weight is 461 g/mol. The van der Waals surface area contributed by atoms with Crippen molar-refractivity contribution in [2.24, 2.45) is 0 Å². The summed E-state index contributed by atoms with van der Waals surface area (Å²) in [7, 11) is 0. The molecule has 1 amide bonds. The van der Waals surface area contributed by atoms with E-state index < -0.39 is 0 Å². The molecule has 2 aromatic heterocycles. The van der Waals surface area contributed by atoms with Gasteiger partial charge in [0.1, 0.15) is 15.8 Å². The highest BCUT2D eigenvalue weighted by atomic mass is 32.2. The van der Waals surface area contributed by atoms with Crippen LogP contribution in [-0.4, -0.2) is 50.3 Å². The maximum atomic E-state index is 13.3. The number of pyridine rings is 1. The molecular formula is C22H28N4O3S2. The molecule has 1 aliphatic heterocycles. The number of fused-ring (bicyclic) bond motifs is 1. The van der Waals surface area contributed by atoms with Crippen molar-refractivity contribution in [1.29, 1.82) is 0 Å². The number of aryl methyl sites for hydroxylation is 1. The van der Waals surface area contributed by atoms with Crippen LogP contribution in [0.3, 0.4) is 0 Å². The third kappa shape index (κ3) is 5.53. The Kier molecular flexibility index (Phi) is 7.85. The van der Waals surface area contributed by atoms with Crippen LogP contribution in [0.15, 0.2) is 28.0 Å². The minimum atomic E-state index is -0.226. The molecule has 0 aromatic carbocycles. The van der Waals surface area contributed by atoms with Crippen molar-refractivity contribution in [3.63, 3.8) is 0 Å². The molecule has 0 saturated carbocycles.